The van der Waals surface area contributed by atoms with Crippen LogP contribution in [0.3, 0.4) is 0 Å². The van der Waals surface area contributed by atoms with Gasteiger partial charge in [0, 0.05) is 5.02 Å². The molecule has 0 amide bonds. The number of halogens is 3. The maximum Gasteiger partial charge on any atom is 0.387 e. The molecular formula is C23H18ClF2N3O2. The highest BCUT2D eigenvalue weighted by molar-refractivity contribution is 6.31. The summed E-state index contributed by atoms with van der Waals surface area (Å²) in [5.74, 6) is 0.543. The predicted molar refractivity (Wildman–Crippen MR) is 116 cm³/mol. The van der Waals surface area contributed by atoms with E-state index in [0.717, 1.165) is 11.1 Å². The Morgan fingerprint density at radius 3 is 2.42 bits per heavy atom. The van der Waals surface area contributed by atoms with Crippen molar-refractivity contribution in [1.29, 1.82) is 0 Å². The molecule has 4 rings (SSSR count). The van der Waals surface area contributed by atoms with Gasteiger partial charge in [-0.05, 0) is 41.5 Å². The normalized spacial score (nSPS) is 12.3. The molecule has 0 aliphatic rings. The molecule has 0 saturated carbocycles. The predicted octanol–water partition coefficient (Wildman–Crippen LogP) is 5.06. The standard InChI is InChI=1S/C23H18ClF2N3O2/c24-16-8-11-18-19(12-16)28-20(29-22(18)30)13-27-21(14-4-2-1-3-5-14)15-6-9-17(10-7-15)31-23(25)26/h1-12,21,23,27H,13H2,(H,28,29,30). The van der Waals surface area contributed by atoms with Gasteiger partial charge in [-0.1, -0.05) is 54.1 Å². The van der Waals surface area contributed by atoms with Crippen molar-refractivity contribution >= 4 is 22.5 Å². The van der Waals surface area contributed by atoms with E-state index in [0.29, 0.717) is 21.7 Å². The van der Waals surface area contributed by atoms with Crippen LogP contribution in [0.25, 0.3) is 10.9 Å². The lowest BCUT2D eigenvalue weighted by atomic mass is 9.98. The Morgan fingerprint density at radius 2 is 1.71 bits per heavy atom. The van der Waals surface area contributed by atoms with Crippen LogP contribution in [-0.2, 0) is 6.54 Å². The number of nitrogens with zero attached hydrogens (tertiary/aromatic N) is 1. The smallest absolute Gasteiger partial charge is 0.387 e. The molecule has 1 aromatic heterocycles. The number of benzene rings is 3. The molecule has 1 heterocycles. The van der Waals surface area contributed by atoms with Gasteiger partial charge in [0.2, 0.25) is 0 Å². The third-order valence-corrected chi connectivity index (χ3v) is 5.00. The van der Waals surface area contributed by atoms with Crippen molar-refractivity contribution in [1.82, 2.24) is 15.3 Å². The highest BCUT2D eigenvalue weighted by Gasteiger charge is 2.15. The Labute approximate surface area is 181 Å². The second kappa shape index (κ2) is 9.24. The van der Waals surface area contributed by atoms with Crippen LogP contribution in [0.1, 0.15) is 23.0 Å². The molecule has 8 heteroatoms. The molecule has 31 heavy (non-hydrogen) atoms. The molecule has 2 N–H and O–H groups in total. The molecule has 158 valence electrons. The minimum atomic E-state index is -2.88. The number of hydrogen-bond acceptors (Lipinski definition) is 4. The molecule has 5 nitrogen and oxygen atoms in total. The molecule has 0 fully saturated rings. The monoisotopic (exact) mass is 441 g/mol. The number of nitrogens with one attached hydrogen (secondary N) is 2. The summed E-state index contributed by atoms with van der Waals surface area (Å²) in [4.78, 5) is 19.7. The van der Waals surface area contributed by atoms with Crippen LogP contribution in [-0.4, -0.2) is 16.6 Å². The molecule has 0 bridgehead atoms. The van der Waals surface area contributed by atoms with Gasteiger partial charge >= 0.3 is 6.61 Å². The van der Waals surface area contributed by atoms with Crippen molar-refractivity contribution in [3.8, 4) is 5.75 Å². The third kappa shape index (κ3) is 5.07. The number of aromatic amines is 1. The molecular weight excluding hydrogens is 424 g/mol. The van der Waals surface area contributed by atoms with Crippen molar-refractivity contribution in [3.63, 3.8) is 0 Å². The molecule has 4 aromatic rings. The van der Waals surface area contributed by atoms with Crippen molar-refractivity contribution in [2.75, 3.05) is 0 Å². The van der Waals surface area contributed by atoms with Gasteiger partial charge in [-0.25, -0.2) is 4.98 Å². The van der Waals surface area contributed by atoms with Gasteiger partial charge in [0.1, 0.15) is 11.6 Å². The van der Waals surface area contributed by atoms with Gasteiger partial charge in [0.15, 0.2) is 0 Å². The summed E-state index contributed by atoms with van der Waals surface area (Å²) in [6, 6.07) is 20.7. The fourth-order valence-corrected chi connectivity index (χ4v) is 3.53. The molecule has 1 atom stereocenters. The van der Waals surface area contributed by atoms with Crippen LogP contribution in [0.4, 0.5) is 8.78 Å². The quantitative estimate of drug-likeness (QED) is 0.421. The molecule has 1 unspecified atom stereocenters. The summed E-state index contributed by atoms with van der Waals surface area (Å²) < 4.78 is 29.3. The van der Waals surface area contributed by atoms with Crippen LogP contribution in [0, 0.1) is 0 Å². The van der Waals surface area contributed by atoms with Gasteiger partial charge in [0.25, 0.3) is 5.56 Å². The molecule has 0 spiro atoms. The highest BCUT2D eigenvalue weighted by Crippen LogP contribution is 2.25. The van der Waals surface area contributed by atoms with E-state index >= 15 is 0 Å². The first kappa shape index (κ1) is 21.0. The van der Waals surface area contributed by atoms with Crippen LogP contribution in [0.2, 0.25) is 5.02 Å². The first-order valence-electron chi connectivity index (χ1n) is 9.51. The summed E-state index contributed by atoms with van der Waals surface area (Å²) in [5, 5.41) is 4.34. The maximum absolute atomic E-state index is 12.4. The van der Waals surface area contributed by atoms with Crippen LogP contribution in [0.5, 0.6) is 5.75 Å². The summed E-state index contributed by atoms with van der Waals surface area (Å²) in [7, 11) is 0. The van der Waals surface area contributed by atoms with Gasteiger partial charge in [-0.3, -0.25) is 10.1 Å². The highest BCUT2D eigenvalue weighted by atomic mass is 35.5. The Morgan fingerprint density at radius 1 is 1.00 bits per heavy atom. The van der Waals surface area contributed by atoms with Crippen molar-refractivity contribution < 1.29 is 13.5 Å². The van der Waals surface area contributed by atoms with E-state index in [1.54, 1.807) is 30.3 Å². The first-order chi connectivity index (χ1) is 15.0. The maximum atomic E-state index is 12.4. The van der Waals surface area contributed by atoms with E-state index in [4.69, 9.17) is 11.6 Å². The first-order valence-corrected chi connectivity index (χ1v) is 9.89. The average Bonchev–Trinajstić information content (AvgIpc) is 2.75. The summed E-state index contributed by atoms with van der Waals surface area (Å²) in [6.45, 7) is -2.61. The minimum Gasteiger partial charge on any atom is -0.435 e. The lowest BCUT2D eigenvalue weighted by Crippen LogP contribution is -2.25. The molecule has 3 aromatic carbocycles. The zero-order chi connectivity index (χ0) is 21.8. The number of alkyl halides is 2. The largest absolute Gasteiger partial charge is 0.435 e. The Balaban J connectivity index is 1.61. The van der Waals surface area contributed by atoms with Crippen molar-refractivity contribution in [2.24, 2.45) is 0 Å². The van der Waals surface area contributed by atoms with Crippen molar-refractivity contribution in [2.45, 2.75) is 19.2 Å². The Hall–Kier alpha value is -3.29. The topological polar surface area (TPSA) is 67.0 Å². The lowest BCUT2D eigenvalue weighted by molar-refractivity contribution is -0.0498. The van der Waals surface area contributed by atoms with E-state index in [1.165, 1.54) is 12.1 Å². The SMILES string of the molecule is O=c1[nH]c(CNC(c2ccccc2)c2ccc(OC(F)F)cc2)nc2cc(Cl)ccc12. The second-order valence-electron chi connectivity index (χ2n) is 6.85. The molecule has 0 saturated heterocycles. The van der Waals surface area contributed by atoms with Gasteiger partial charge < -0.3 is 9.72 Å². The van der Waals surface area contributed by atoms with E-state index in [1.807, 2.05) is 30.3 Å². The number of fused-ring (bicyclic) bond motifs is 1. The summed E-state index contributed by atoms with van der Waals surface area (Å²) in [6.07, 6.45) is 0. The van der Waals surface area contributed by atoms with Crippen LogP contribution >= 0.6 is 11.6 Å². The lowest BCUT2D eigenvalue weighted by Gasteiger charge is -2.20. The average molecular weight is 442 g/mol. The number of hydrogen-bond donors (Lipinski definition) is 2. The molecule has 0 aliphatic carbocycles. The van der Waals surface area contributed by atoms with E-state index in [2.05, 4.69) is 20.0 Å². The van der Waals surface area contributed by atoms with Gasteiger partial charge in [-0.2, -0.15) is 8.78 Å². The number of ether oxygens (including phenoxy) is 1. The number of H-pyrrole nitrogens is 1. The Kier molecular flexibility index (Phi) is 6.25. The minimum absolute atomic E-state index is 0.0861. The fraction of sp³-hybridized carbons (Fsp3) is 0.130. The number of rotatable bonds is 7. The van der Waals surface area contributed by atoms with E-state index in [9.17, 15) is 13.6 Å². The van der Waals surface area contributed by atoms with Crippen molar-refractivity contribution in [3.05, 3.63) is 105 Å². The number of aromatic nitrogens is 2. The second-order valence-corrected chi connectivity index (χ2v) is 7.28. The fourth-order valence-electron chi connectivity index (χ4n) is 3.36. The van der Waals surface area contributed by atoms with E-state index < -0.39 is 6.61 Å². The molecule has 0 radical (unpaired) electrons. The van der Waals surface area contributed by atoms with Crippen LogP contribution in [0.15, 0.2) is 77.6 Å². The summed E-state index contributed by atoms with van der Waals surface area (Å²) in [5.41, 5.74) is 2.08. The van der Waals surface area contributed by atoms with Crippen LogP contribution < -0.4 is 15.6 Å². The van der Waals surface area contributed by atoms with Gasteiger partial charge in [0.05, 0.1) is 23.5 Å². The van der Waals surface area contributed by atoms with Gasteiger partial charge in [-0.15, -0.1) is 0 Å². The summed E-state index contributed by atoms with van der Waals surface area (Å²) >= 11 is 6.03. The zero-order valence-corrected chi connectivity index (χ0v) is 16.9. The molecule has 0 aliphatic heterocycles. The third-order valence-electron chi connectivity index (χ3n) is 4.76. The zero-order valence-electron chi connectivity index (χ0n) is 16.2. The Bertz CT molecular complexity index is 1230. The van der Waals surface area contributed by atoms with E-state index in [-0.39, 0.29) is 23.9 Å².